The Kier molecular flexibility index (Phi) is 11.0. The molecule has 0 aromatic rings. The van der Waals surface area contributed by atoms with E-state index >= 15 is 0 Å². The van der Waals surface area contributed by atoms with E-state index in [0.29, 0.717) is 13.1 Å². The Bertz CT molecular complexity index is 210. The third-order valence-electron chi connectivity index (χ3n) is 2.11. The first kappa shape index (κ1) is 16.5. The fraction of sp³-hybridized carbons (Fsp3) is 0.667. The molecule has 0 aromatic carbocycles. The van der Waals surface area contributed by atoms with Gasteiger partial charge in [0, 0.05) is 13.1 Å². The number of hydrogen-bond donors (Lipinski definition) is 2. The molecule has 0 rings (SSSR count). The van der Waals surface area contributed by atoms with Crippen molar-refractivity contribution in [1.29, 1.82) is 0 Å². The van der Waals surface area contributed by atoms with Gasteiger partial charge in [-0.1, -0.05) is 12.8 Å². The second kappa shape index (κ2) is 12.0. The molecule has 0 unspecified atom stereocenters. The van der Waals surface area contributed by atoms with E-state index < -0.39 is 12.2 Å². The molecule has 0 aliphatic heterocycles. The molecule has 0 spiro atoms. The van der Waals surface area contributed by atoms with Gasteiger partial charge in [0.05, 0.1) is 13.2 Å². The number of alkyl carbamates (subject to hydrolysis) is 2. The van der Waals surface area contributed by atoms with E-state index in [1.54, 1.807) is 0 Å². The van der Waals surface area contributed by atoms with Gasteiger partial charge in [0.15, 0.2) is 0 Å². The number of hydrogen-bond acceptors (Lipinski definition) is 4. The molecule has 18 heavy (non-hydrogen) atoms. The lowest BCUT2D eigenvalue weighted by Crippen LogP contribution is -2.26. The van der Waals surface area contributed by atoms with Gasteiger partial charge in [-0.25, -0.2) is 9.59 Å². The van der Waals surface area contributed by atoms with Crippen molar-refractivity contribution in [2.24, 2.45) is 0 Å². The Hall–Kier alpha value is -1.46. The molecule has 2 radical (unpaired) electrons. The van der Waals surface area contributed by atoms with Crippen LogP contribution in [0.2, 0.25) is 0 Å². The van der Waals surface area contributed by atoms with Gasteiger partial charge in [-0.05, 0) is 26.7 Å². The van der Waals surface area contributed by atoms with Crippen LogP contribution in [-0.4, -0.2) is 38.5 Å². The lowest BCUT2D eigenvalue weighted by atomic mass is 10.2. The lowest BCUT2D eigenvalue weighted by Gasteiger charge is -2.06. The maximum Gasteiger partial charge on any atom is 0.407 e. The number of carbonyl (C=O) groups excluding carboxylic acids is 2. The van der Waals surface area contributed by atoms with Crippen molar-refractivity contribution in [3.05, 3.63) is 13.8 Å². The van der Waals surface area contributed by atoms with Crippen LogP contribution in [0.5, 0.6) is 0 Å². The average Bonchev–Trinajstić information content (AvgIpc) is 2.33. The number of rotatable bonds is 9. The van der Waals surface area contributed by atoms with E-state index in [-0.39, 0.29) is 13.2 Å². The van der Waals surface area contributed by atoms with Gasteiger partial charge in [-0.2, -0.15) is 0 Å². The van der Waals surface area contributed by atoms with Crippen molar-refractivity contribution in [1.82, 2.24) is 10.6 Å². The fourth-order valence-corrected chi connectivity index (χ4v) is 1.27. The molecular formula is C12H22N2O4. The topological polar surface area (TPSA) is 76.7 Å². The monoisotopic (exact) mass is 258 g/mol. The van der Waals surface area contributed by atoms with Crippen molar-refractivity contribution in [2.75, 3.05) is 26.3 Å². The Balaban J connectivity index is 3.16. The minimum atomic E-state index is -0.428. The first-order chi connectivity index (χ1) is 8.70. The Morgan fingerprint density at radius 3 is 1.50 bits per heavy atom. The summed E-state index contributed by atoms with van der Waals surface area (Å²) in [5.41, 5.74) is 0. The number of unbranched alkanes of at least 4 members (excludes halogenated alkanes) is 3. The van der Waals surface area contributed by atoms with E-state index in [0.717, 1.165) is 25.7 Å². The molecule has 0 aliphatic rings. The molecule has 0 saturated heterocycles. The highest BCUT2D eigenvalue weighted by atomic mass is 16.5. The van der Waals surface area contributed by atoms with Gasteiger partial charge in [-0.15, -0.1) is 0 Å². The summed E-state index contributed by atoms with van der Waals surface area (Å²) < 4.78 is 9.22. The number of amides is 2. The summed E-state index contributed by atoms with van der Waals surface area (Å²) in [6.45, 7) is 8.26. The van der Waals surface area contributed by atoms with Crippen molar-refractivity contribution in [3.8, 4) is 0 Å². The molecular weight excluding hydrogens is 236 g/mol. The standard InChI is InChI=1S/C12H22N2O4/c1-3-17-11(15)13-9-7-5-6-8-10-14-12(16)18-4-2/h1-10H2,(H,13,15)(H,14,16). The zero-order valence-corrected chi connectivity index (χ0v) is 10.7. The molecule has 0 fully saturated rings. The van der Waals surface area contributed by atoms with Gasteiger partial charge < -0.3 is 20.1 Å². The van der Waals surface area contributed by atoms with Crippen molar-refractivity contribution < 1.29 is 19.1 Å². The third kappa shape index (κ3) is 11.0. The third-order valence-corrected chi connectivity index (χ3v) is 2.11. The van der Waals surface area contributed by atoms with E-state index in [1.165, 1.54) is 0 Å². The van der Waals surface area contributed by atoms with Crippen LogP contribution in [0.3, 0.4) is 0 Å². The number of nitrogens with one attached hydrogen (secondary N) is 2. The number of ether oxygens (including phenoxy) is 2. The maximum atomic E-state index is 10.9. The van der Waals surface area contributed by atoms with Crippen LogP contribution < -0.4 is 10.6 Å². The molecule has 0 saturated carbocycles. The Morgan fingerprint density at radius 2 is 1.17 bits per heavy atom. The predicted molar refractivity (Wildman–Crippen MR) is 67.9 cm³/mol. The quantitative estimate of drug-likeness (QED) is 0.617. The molecule has 0 atom stereocenters. The maximum absolute atomic E-state index is 10.9. The molecule has 0 bridgehead atoms. The molecule has 104 valence electrons. The van der Waals surface area contributed by atoms with E-state index in [2.05, 4.69) is 34.0 Å². The summed E-state index contributed by atoms with van der Waals surface area (Å²) in [4.78, 5) is 21.7. The summed E-state index contributed by atoms with van der Waals surface area (Å²) in [6, 6.07) is 0. The van der Waals surface area contributed by atoms with Gasteiger partial charge in [0.2, 0.25) is 0 Å². The van der Waals surface area contributed by atoms with Crippen LogP contribution in [0.15, 0.2) is 0 Å². The Labute approximate surface area is 108 Å². The van der Waals surface area contributed by atoms with Crippen LogP contribution in [0.1, 0.15) is 25.7 Å². The largest absolute Gasteiger partial charge is 0.450 e. The zero-order valence-electron chi connectivity index (χ0n) is 10.7. The Morgan fingerprint density at radius 1 is 0.778 bits per heavy atom. The lowest BCUT2D eigenvalue weighted by molar-refractivity contribution is 0.156. The normalized spacial score (nSPS) is 9.67. The highest BCUT2D eigenvalue weighted by Gasteiger charge is 1.99. The fourth-order valence-electron chi connectivity index (χ4n) is 1.27. The van der Waals surface area contributed by atoms with Gasteiger partial charge in [0.1, 0.15) is 0 Å². The minimum Gasteiger partial charge on any atom is -0.450 e. The zero-order chi connectivity index (χ0) is 13.6. The first-order valence-electron chi connectivity index (χ1n) is 6.10. The summed E-state index contributed by atoms with van der Waals surface area (Å²) in [5.74, 6) is 0. The molecule has 0 aliphatic carbocycles. The van der Waals surface area contributed by atoms with Crippen LogP contribution >= 0.6 is 0 Å². The molecule has 6 heteroatoms. The van der Waals surface area contributed by atoms with Gasteiger partial charge in [-0.3, -0.25) is 0 Å². The van der Waals surface area contributed by atoms with Crippen molar-refractivity contribution in [3.63, 3.8) is 0 Å². The van der Waals surface area contributed by atoms with E-state index in [4.69, 9.17) is 0 Å². The highest BCUT2D eigenvalue weighted by Crippen LogP contribution is 1.98. The summed E-state index contributed by atoms with van der Waals surface area (Å²) in [7, 11) is 0. The van der Waals surface area contributed by atoms with Crippen LogP contribution in [0, 0.1) is 13.8 Å². The average molecular weight is 258 g/mol. The summed E-state index contributed by atoms with van der Waals surface area (Å²) in [5, 5.41) is 5.22. The molecule has 0 heterocycles. The smallest absolute Gasteiger partial charge is 0.407 e. The van der Waals surface area contributed by atoms with Crippen molar-refractivity contribution >= 4 is 12.2 Å². The highest BCUT2D eigenvalue weighted by molar-refractivity contribution is 5.67. The number of carbonyl (C=O) groups is 2. The summed E-state index contributed by atoms with van der Waals surface area (Å²) >= 11 is 0. The van der Waals surface area contributed by atoms with Crippen molar-refractivity contribution in [2.45, 2.75) is 25.7 Å². The molecule has 0 aromatic heterocycles. The molecule has 2 amide bonds. The molecule has 2 N–H and O–H groups in total. The van der Waals surface area contributed by atoms with Crippen LogP contribution in [0.4, 0.5) is 9.59 Å². The molecule has 6 nitrogen and oxygen atoms in total. The van der Waals surface area contributed by atoms with Crippen LogP contribution in [-0.2, 0) is 9.47 Å². The van der Waals surface area contributed by atoms with Crippen LogP contribution in [0.25, 0.3) is 0 Å². The van der Waals surface area contributed by atoms with E-state index in [9.17, 15) is 9.59 Å². The second-order valence-corrected chi connectivity index (χ2v) is 3.54. The first-order valence-corrected chi connectivity index (χ1v) is 6.10. The summed E-state index contributed by atoms with van der Waals surface area (Å²) in [6.07, 6.45) is 2.88. The SMILES string of the molecule is [CH2]COC(=O)NCCCCCCNC(=O)OC[CH2]. The van der Waals surface area contributed by atoms with Gasteiger partial charge >= 0.3 is 12.2 Å². The van der Waals surface area contributed by atoms with E-state index in [1.807, 2.05) is 0 Å². The minimum absolute atomic E-state index is 0.140. The second-order valence-electron chi connectivity index (χ2n) is 3.54. The predicted octanol–water partition coefficient (Wildman–Crippen LogP) is 1.67. The van der Waals surface area contributed by atoms with Gasteiger partial charge in [0.25, 0.3) is 0 Å².